The van der Waals surface area contributed by atoms with Gasteiger partial charge in [-0.15, -0.1) is 5.10 Å². The average Bonchev–Trinajstić information content (AvgIpc) is 3.47. The Balaban J connectivity index is 1.66. The monoisotopic (exact) mass is 481 g/mol. The first-order chi connectivity index (χ1) is 16.7. The predicted molar refractivity (Wildman–Crippen MR) is 126 cm³/mol. The van der Waals surface area contributed by atoms with E-state index in [0.717, 1.165) is 5.56 Å². The molecule has 1 aromatic heterocycles. The number of nitrogens with zero attached hydrogens (tertiary/aromatic N) is 4. The third-order valence-corrected chi connectivity index (χ3v) is 6.52. The zero-order chi connectivity index (χ0) is 25.1. The van der Waals surface area contributed by atoms with E-state index in [4.69, 9.17) is 0 Å². The summed E-state index contributed by atoms with van der Waals surface area (Å²) >= 11 is 0. The molecular weight excluding hydrogens is 450 g/mol. The van der Waals surface area contributed by atoms with Gasteiger partial charge in [0.2, 0.25) is 23.6 Å². The van der Waals surface area contributed by atoms with Gasteiger partial charge in [-0.3, -0.25) is 19.2 Å². The van der Waals surface area contributed by atoms with E-state index in [-0.39, 0.29) is 36.7 Å². The molecule has 4 atom stereocenters. The molecule has 186 valence electrons. The lowest BCUT2D eigenvalue weighted by Gasteiger charge is -2.28. The van der Waals surface area contributed by atoms with Gasteiger partial charge in [0.15, 0.2) is 0 Å². The number of fused-ring (bicyclic) bond motifs is 5. The molecule has 11 nitrogen and oxygen atoms in total. The summed E-state index contributed by atoms with van der Waals surface area (Å²) in [5.74, 6) is -1.68. The highest BCUT2D eigenvalue weighted by Gasteiger charge is 2.41. The Morgan fingerprint density at radius 1 is 1.09 bits per heavy atom. The first kappa shape index (κ1) is 24.4. The number of rotatable bonds is 3. The highest BCUT2D eigenvalue weighted by Crippen LogP contribution is 2.27. The minimum Gasteiger partial charge on any atom is -0.349 e. The lowest BCUT2D eigenvalue weighted by Crippen LogP contribution is -2.58. The SMILES string of the molecule is CC(=O)N1C[C@@H]2C[C@H]1C(=O)N[C@@H](C(C)C)C(=O)N[C@H](Cc1ccccc1)C(=O)NCc1cn2nn1. The van der Waals surface area contributed by atoms with Crippen LogP contribution in [0.15, 0.2) is 36.5 Å². The molecule has 0 spiro atoms. The maximum Gasteiger partial charge on any atom is 0.243 e. The Kier molecular flexibility index (Phi) is 7.13. The molecule has 3 N–H and O–H groups in total. The Morgan fingerprint density at radius 2 is 1.83 bits per heavy atom. The van der Waals surface area contributed by atoms with Crippen molar-refractivity contribution in [3.8, 4) is 0 Å². The number of nitrogens with one attached hydrogen (secondary N) is 3. The summed E-state index contributed by atoms with van der Waals surface area (Å²) in [6.45, 7) is 5.51. The van der Waals surface area contributed by atoms with E-state index in [1.807, 2.05) is 44.2 Å². The zero-order valence-corrected chi connectivity index (χ0v) is 20.1. The van der Waals surface area contributed by atoms with Crippen LogP contribution in [0.2, 0.25) is 0 Å². The van der Waals surface area contributed by atoms with Crippen molar-refractivity contribution in [2.45, 2.75) is 64.3 Å². The van der Waals surface area contributed by atoms with Crippen molar-refractivity contribution in [2.75, 3.05) is 6.54 Å². The van der Waals surface area contributed by atoms with Gasteiger partial charge in [-0.05, 0) is 11.5 Å². The molecule has 1 saturated heterocycles. The van der Waals surface area contributed by atoms with E-state index in [1.165, 1.54) is 11.8 Å². The zero-order valence-electron chi connectivity index (χ0n) is 20.1. The fourth-order valence-electron chi connectivity index (χ4n) is 4.58. The van der Waals surface area contributed by atoms with Gasteiger partial charge < -0.3 is 20.9 Å². The number of hydrogen-bond acceptors (Lipinski definition) is 6. The van der Waals surface area contributed by atoms with Gasteiger partial charge in [-0.25, -0.2) is 4.68 Å². The van der Waals surface area contributed by atoms with Crippen LogP contribution in [0.3, 0.4) is 0 Å². The smallest absolute Gasteiger partial charge is 0.243 e. The van der Waals surface area contributed by atoms with Crippen LogP contribution in [0.1, 0.15) is 44.5 Å². The Hall–Kier alpha value is -3.76. The Labute approximate surface area is 203 Å². The molecule has 35 heavy (non-hydrogen) atoms. The van der Waals surface area contributed by atoms with Crippen molar-refractivity contribution in [3.05, 3.63) is 47.8 Å². The Bertz CT molecular complexity index is 1100. The third-order valence-electron chi connectivity index (χ3n) is 6.52. The highest BCUT2D eigenvalue weighted by molar-refractivity contribution is 5.94. The second kappa shape index (κ2) is 10.2. The minimum atomic E-state index is -0.871. The van der Waals surface area contributed by atoms with Crippen LogP contribution in [-0.2, 0) is 32.1 Å². The molecule has 1 aromatic carbocycles. The maximum absolute atomic E-state index is 13.3. The summed E-state index contributed by atoms with van der Waals surface area (Å²) in [4.78, 5) is 53.5. The number of carbonyl (C=O) groups is 4. The first-order valence-electron chi connectivity index (χ1n) is 11.8. The molecule has 1 fully saturated rings. The molecule has 2 aromatic rings. The number of benzene rings is 1. The molecule has 0 aliphatic carbocycles. The molecule has 4 bridgehead atoms. The lowest BCUT2D eigenvalue weighted by molar-refractivity contribution is -0.139. The van der Waals surface area contributed by atoms with Crippen molar-refractivity contribution in [2.24, 2.45) is 5.92 Å². The van der Waals surface area contributed by atoms with Crippen LogP contribution in [0.25, 0.3) is 0 Å². The van der Waals surface area contributed by atoms with E-state index >= 15 is 0 Å². The molecule has 11 heteroatoms. The van der Waals surface area contributed by atoms with Crippen molar-refractivity contribution < 1.29 is 19.2 Å². The predicted octanol–water partition coefficient (Wildman–Crippen LogP) is -0.0619. The van der Waals surface area contributed by atoms with Crippen LogP contribution < -0.4 is 16.0 Å². The molecule has 3 heterocycles. The maximum atomic E-state index is 13.3. The number of hydrogen-bond donors (Lipinski definition) is 3. The van der Waals surface area contributed by atoms with Crippen LogP contribution in [0.5, 0.6) is 0 Å². The quantitative estimate of drug-likeness (QED) is 0.561. The summed E-state index contributed by atoms with van der Waals surface area (Å²) in [5, 5.41) is 16.8. The van der Waals surface area contributed by atoms with Gasteiger partial charge in [0.25, 0.3) is 0 Å². The van der Waals surface area contributed by atoms with Crippen LogP contribution in [-0.4, -0.2) is 68.2 Å². The lowest BCUT2D eigenvalue weighted by atomic mass is 10.00. The summed E-state index contributed by atoms with van der Waals surface area (Å²) in [6, 6.07) is 6.68. The summed E-state index contributed by atoms with van der Waals surface area (Å²) < 4.78 is 1.63. The summed E-state index contributed by atoms with van der Waals surface area (Å²) in [7, 11) is 0. The van der Waals surface area contributed by atoms with Gasteiger partial charge >= 0.3 is 0 Å². The van der Waals surface area contributed by atoms with Gasteiger partial charge in [0.1, 0.15) is 23.8 Å². The second-order valence-electron chi connectivity index (χ2n) is 9.47. The number of carbonyl (C=O) groups excluding carboxylic acids is 4. The normalized spacial score (nSPS) is 25.4. The van der Waals surface area contributed by atoms with Crippen molar-refractivity contribution in [1.29, 1.82) is 0 Å². The van der Waals surface area contributed by atoms with Crippen LogP contribution >= 0.6 is 0 Å². The van der Waals surface area contributed by atoms with E-state index in [1.54, 1.807) is 10.9 Å². The van der Waals surface area contributed by atoms with Crippen molar-refractivity contribution >= 4 is 23.6 Å². The molecule has 2 aliphatic heterocycles. The largest absolute Gasteiger partial charge is 0.349 e. The molecule has 2 aliphatic rings. The van der Waals surface area contributed by atoms with Gasteiger partial charge in [-0.2, -0.15) is 0 Å². The highest BCUT2D eigenvalue weighted by atomic mass is 16.2. The standard InChI is InChI=1S/C24H31N7O4/c1-14(2)21-24(35)26-19(9-16-7-5-4-6-8-16)22(33)25-11-17-12-31(29-28-17)18-10-20(23(34)27-21)30(13-18)15(3)32/h4-8,12,14,18-21H,9-11,13H2,1-3H3,(H,25,33)(H,26,35)(H,27,34)/t18-,19+,20-,21-/m0/s1. The minimum absolute atomic E-state index is 0.136. The summed E-state index contributed by atoms with van der Waals surface area (Å²) in [5.41, 5.74) is 1.43. The van der Waals surface area contributed by atoms with Crippen LogP contribution in [0, 0.1) is 5.92 Å². The topological polar surface area (TPSA) is 138 Å². The van der Waals surface area contributed by atoms with Gasteiger partial charge in [0.05, 0.1) is 18.8 Å². The second-order valence-corrected chi connectivity index (χ2v) is 9.47. The Morgan fingerprint density at radius 3 is 2.51 bits per heavy atom. The van der Waals surface area contributed by atoms with Crippen molar-refractivity contribution in [3.63, 3.8) is 0 Å². The van der Waals surface area contributed by atoms with Gasteiger partial charge in [-0.1, -0.05) is 49.4 Å². The number of likely N-dealkylation sites (tertiary alicyclic amines) is 1. The van der Waals surface area contributed by atoms with Crippen LogP contribution in [0.4, 0.5) is 0 Å². The fourth-order valence-corrected chi connectivity index (χ4v) is 4.58. The van der Waals surface area contributed by atoms with E-state index < -0.39 is 29.9 Å². The van der Waals surface area contributed by atoms with Gasteiger partial charge in [0, 0.05) is 26.3 Å². The molecule has 0 saturated carbocycles. The fraction of sp³-hybridized carbons (Fsp3) is 0.500. The molecule has 0 radical (unpaired) electrons. The summed E-state index contributed by atoms with van der Waals surface area (Å²) in [6.07, 6.45) is 2.35. The molecule has 4 amide bonds. The van der Waals surface area contributed by atoms with E-state index in [2.05, 4.69) is 26.3 Å². The molecule has 4 rings (SSSR count). The number of amides is 4. The average molecular weight is 482 g/mol. The third kappa shape index (κ3) is 5.50. The molecule has 0 unspecified atom stereocenters. The van der Waals surface area contributed by atoms with E-state index in [9.17, 15) is 19.2 Å². The molecular formula is C24H31N7O4. The van der Waals surface area contributed by atoms with Crippen molar-refractivity contribution in [1.82, 2.24) is 35.8 Å². The number of aromatic nitrogens is 3. The first-order valence-corrected chi connectivity index (χ1v) is 11.8. The van der Waals surface area contributed by atoms with E-state index in [0.29, 0.717) is 18.7 Å².